The number of methoxy groups -OCH3 is 3. The maximum Gasteiger partial charge on any atom is 0.310 e. The van der Waals surface area contributed by atoms with Crippen molar-refractivity contribution in [2.75, 3.05) is 34.9 Å². The summed E-state index contributed by atoms with van der Waals surface area (Å²) in [6.07, 6.45) is 0.00363. The number of ketones is 1. The van der Waals surface area contributed by atoms with E-state index in [1.165, 1.54) is 28.3 Å². The van der Waals surface area contributed by atoms with Gasteiger partial charge in [0.15, 0.2) is 19.4 Å². The van der Waals surface area contributed by atoms with Gasteiger partial charge < -0.3 is 23.7 Å². The van der Waals surface area contributed by atoms with Gasteiger partial charge in [0.2, 0.25) is 0 Å². The largest absolute Gasteiger partial charge is 0.469 e. The quantitative estimate of drug-likeness (QED) is 0.351. The number of hydrogen-bond donors (Lipinski definition) is 0. The third kappa shape index (κ3) is 5.55. The fraction of sp³-hybridized carbons (Fsp3) is 0.333. The minimum absolute atomic E-state index is 0.00363. The van der Waals surface area contributed by atoms with Gasteiger partial charge in [-0.05, 0) is 30.2 Å². The van der Waals surface area contributed by atoms with Gasteiger partial charge in [-0.3, -0.25) is 9.59 Å². The second-order valence-electron chi connectivity index (χ2n) is 5.95. The molecule has 0 aliphatic heterocycles. The Hall–Kier alpha value is -2.90. The Kier molecular flexibility index (Phi) is 7.98. The summed E-state index contributed by atoms with van der Waals surface area (Å²) in [7, 11) is 4.35. The summed E-state index contributed by atoms with van der Waals surface area (Å²) in [5.74, 6) is 0.453. The zero-order chi connectivity index (χ0) is 20.5. The zero-order valence-corrected chi connectivity index (χ0v) is 16.4. The number of Topliss-reactive ketones (excluding diaryl/α,β-unsaturated/α-hetero) is 1. The van der Waals surface area contributed by atoms with Crippen molar-refractivity contribution in [2.45, 2.75) is 13.3 Å². The van der Waals surface area contributed by atoms with Crippen LogP contribution in [0.25, 0.3) is 11.1 Å². The Morgan fingerprint density at radius 1 is 0.929 bits per heavy atom. The summed E-state index contributed by atoms with van der Waals surface area (Å²) in [6, 6.07) is 10.5. The second-order valence-corrected chi connectivity index (χ2v) is 5.95. The van der Waals surface area contributed by atoms with E-state index in [-0.39, 0.29) is 25.8 Å². The average molecular weight is 388 g/mol. The van der Waals surface area contributed by atoms with E-state index in [1.807, 2.05) is 6.07 Å². The number of carbonyl (C=O) groups is 2. The molecule has 0 radical (unpaired) electrons. The molecule has 0 amide bonds. The summed E-state index contributed by atoms with van der Waals surface area (Å²) in [4.78, 5) is 23.8. The lowest BCUT2D eigenvalue weighted by atomic mass is 9.94. The molecular weight excluding hydrogens is 364 g/mol. The molecule has 0 bridgehead atoms. The van der Waals surface area contributed by atoms with Crippen LogP contribution in [-0.4, -0.2) is 46.7 Å². The van der Waals surface area contributed by atoms with Crippen molar-refractivity contribution in [3.8, 4) is 22.6 Å². The predicted molar refractivity (Wildman–Crippen MR) is 103 cm³/mol. The molecule has 150 valence electrons. The molecule has 0 aromatic heterocycles. The van der Waals surface area contributed by atoms with Crippen molar-refractivity contribution in [1.82, 2.24) is 0 Å². The van der Waals surface area contributed by atoms with Gasteiger partial charge in [0, 0.05) is 31.4 Å². The van der Waals surface area contributed by atoms with Gasteiger partial charge in [-0.25, -0.2) is 0 Å². The Morgan fingerprint density at radius 2 is 1.64 bits per heavy atom. The van der Waals surface area contributed by atoms with E-state index in [0.29, 0.717) is 28.2 Å². The van der Waals surface area contributed by atoms with E-state index < -0.39 is 5.97 Å². The SMILES string of the molecule is COCOc1cc(CC(=O)OC)c(-c2cccc(C(C)=O)c2)c(OCOC)c1. The molecule has 7 heteroatoms. The lowest BCUT2D eigenvalue weighted by Crippen LogP contribution is -2.09. The van der Waals surface area contributed by atoms with E-state index in [4.69, 9.17) is 23.7 Å². The van der Waals surface area contributed by atoms with Crippen LogP contribution in [0.2, 0.25) is 0 Å². The molecule has 0 N–H and O–H groups in total. The molecule has 0 fully saturated rings. The number of carbonyl (C=O) groups excluding carboxylic acids is 2. The third-order valence-electron chi connectivity index (χ3n) is 3.95. The zero-order valence-electron chi connectivity index (χ0n) is 16.4. The first-order valence-electron chi connectivity index (χ1n) is 8.58. The van der Waals surface area contributed by atoms with Crippen LogP contribution < -0.4 is 9.47 Å². The highest BCUT2D eigenvalue weighted by atomic mass is 16.7. The topological polar surface area (TPSA) is 80.3 Å². The van der Waals surface area contributed by atoms with Crippen molar-refractivity contribution in [3.05, 3.63) is 47.5 Å². The molecule has 28 heavy (non-hydrogen) atoms. The van der Waals surface area contributed by atoms with Crippen molar-refractivity contribution in [1.29, 1.82) is 0 Å². The van der Waals surface area contributed by atoms with Crippen molar-refractivity contribution < 1.29 is 33.3 Å². The molecule has 0 aliphatic rings. The normalized spacial score (nSPS) is 10.4. The summed E-state index contributed by atoms with van der Waals surface area (Å²) in [5.41, 5.74) is 2.58. The van der Waals surface area contributed by atoms with E-state index >= 15 is 0 Å². The Balaban J connectivity index is 2.64. The first-order valence-corrected chi connectivity index (χ1v) is 8.58. The number of ether oxygens (including phenoxy) is 5. The number of hydrogen-bond acceptors (Lipinski definition) is 7. The molecule has 2 aromatic carbocycles. The van der Waals surface area contributed by atoms with Gasteiger partial charge in [-0.15, -0.1) is 0 Å². The van der Waals surface area contributed by atoms with Crippen LogP contribution in [0.3, 0.4) is 0 Å². The molecule has 0 saturated heterocycles. The molecule has 0 aliphatic carbocycles. The van der Waals surface area contributed by atoms with E-state index in [2.05, 4.69) is 0 Å². The lowest BCUT2D eigenvalue weighted by Gasteiger charge is -2.18. The lowest BCUT2D eigenvalue weighted by molar-refractivity contribution is -0.139. The maximum atomic E-state index is 12.0. The molecular formula is C21H24O7. The van der Waals surface area contributed by atoms with Gasteiger partial charge >= 0.3 is 5.97 Å². The van der Waals surface area contributed by atoms with Crippen LogP contribution in [0, 0.1) is 0 Å². The van der Waals surface area contributed by atoms with Crippen LogP contribution in [0.4, 0.5) is 0 Å². The number of benzene rings is 2. The van der Waals surface area contributed by atoms with Crippen LogP contribution in [-0.2, 0) is 25.4 Å². The van der Waals surface area contributed by atoms with Crippen LogP contribution in [0.1, 0.15) is 22.8 Å². The second kappa shape index (κ2) is 10.4. The Labute approximate surface area is 164 Å². The smallest absolute Gasteiger partial charge is 0.310 e. The van der Waals surface area contributed by atoms with Crippen LogP contribution in [0.5, 0.6) is 11.5 Å². The molecule has 0 saturated carbocycles. The van der Waals surface area contributed by atoms with Gasteiger partial charge in [-0.2, -0.15) is 0 Å². The highest BCUT2D eigenvalue weighted by Gasteiger charge is 2.19. The standard InChI is InChI=1S/C21H24O7/c1-14(22)15-6-5-7-16(8-15)21-17(10-20(23)26-4)9-18(27-12-24-2)11-19(21)28-13-25-3/h5-9,11H,10,12-13H2,1-4H3. The van der Waals surface area contributed by atoms with Crippen molar-refractivity contribution in [3.63, 3.8) is 0 Å². The van der Waals surface area contributed by atoms with E-state index in [0.717, 1.165) is 5.56 Å². The fourth-order valence-corrected chi connectivity index (χ4v) is 2.68. The summed E-state index contributed by atoms with van der Waals surface area (Å²) >= 11 is 0. The van der Waals surface area contributed by atoms with E-state index in [9.17, 15) is 9.59 Å². The third-order valence-corrected chi connectivity index (χ3v) is 3.95. The summed E-state index contributed by atoms with van der Waals surface area (Å²) in [5, 5.41) is 0. The number of rotatable bonds is 10. The van der Waals surface area contributed by atoms with Crippen molar-refractivity contribution in [2.24, 2.45) is 0 Å². The maximum absolute atomic E-state index is 12.0. The van der Waals surface area contributed by atoms with Gasteiger partial charge in [-0.1, -0.05) is 18.2 Å². The molecule has 0 spiro atoms. The molecule has 7 nitrogen and oxygen atoms in total. The molecule has 2 rings (SSSR count). The number of esters is 1. The Bertz CT molecular complexity index is 829. The Morgan fingerprint density at radius 3 is 2.29 bits per heavy atom. The average Bonchev–Trinajstić information content (AvgIpc) is 2.70. The molecule has 0 atom stereocenters. The predicted octanol–water partition coefficient (Wildman–Crippen LogP) is 3.24. The fourth-order valence-electron chi connectivity index (χ4n) is 2.68. The van der Waals surface area contributed by atoms with Gasteiger partial charge in [0.25, 0.3) is 0 Å². The highest BCUT2D eigenvalue weighted by molar-refractivity contribution is 5.96. The minimum Gasteiger partial charge on any atom is -0.469 e. The monoisotopic (exact) mass is 388 g/mol. The highest BCUT2D eigenvalue weighted by Crippen LogP contribution is 2.38. The van der Waals surface area contributed by atoms with Gasteiger partial charge in [0.1, 0.15) is 11.5 Å². The molecule has 0 unspecified atom stereocenters. The molecule has 2 aromatic rings. The molecule has 0 heterocycles. The minimum atomic E-state index is -0.412. The summed E-state index contributed by atoms with van der Waals surface area (Å²) in [6.45, 7) is 1.55. The first-order chi connectivity index (χ1) is 13.5. The van der Waals surface area contributed by atoms with Crippen LogP contribution in [0.15, 0.2) is 36.4 Å². The first kappa shape index (κ1) is 21.4. The van der Waals surface area contributed by atoms with Gasteiger partial charge in [0.05, 0.1) is 13.5 Å². The van der Waals surface area contributed by atoms with E-state index in [1.54, 1.807) is 30.3 Å². The van der Waals surface area contributed by atoms with Crippen molar-refractivity contribution >= 4 is 11.8 Å². The summed E-state index contributed by atoms with van der Waals surface area (Å²) < 4.78 is 26.1. The van der Waals surface area contributed by atoms with Crippen LogP contribution >= 0.6 is 0 Å².